The number of Topliss-reactive ketones (excluding diaryl/α,β-unsaturated/α-hetero) is 1. The molecule has 0 radical (unpaired) electrons. The van der Waals surface area contributed by atoms with Crippen molar-refractivity contribution in [2.45, 2.75) is 13.3 Å². The Kier molecular flexibility index (Phi) is 4.36. The summed E-state index contributed by atoms with van der Waals surface area (Å²) in [6.07, 6.45) is -0.685. The Bertz CT molecular complexity index is 254. The number of hydrogen-bond acceptors (Lipinski definition) is 6. The molecule has 0 aromatic rings. The largest absolute Gasteiger partial charge is 0.469 e. The van der Waals surface area contributed by atoms with Crippen molar-refractivity contribution in [3.05, 3.63) is 0 Å². The van der Waals surface area contributed by atoms with Crippen molar-refractivity contribution in [3.63, 3.8) is 0 Å². The number of carbonyl (C=O) groups is 4. The summed E-state index contributed by atoms with van der Waals surface area (Å²) in [4.78, 5) is 41.9. The molecule has 0 spiro atoms. The molecule has 0 aliphatic rings. The first-order chi connectivity index (χ1) is 5.97. The first-order valence-electron chi connectivity index (χ1n) is 3.29. The van der Waals surface area contributed by atoms with Gasteiger partial charge in [-0.1, -0.05) is 0 Å². The summed E-state index contributed by atoms with van der Waals surface area (Å²) in [5, 5.41) is 0. The number of esters is 3. The topological polar surface area (TPSA) is 86.7 Å². The van der Waals surface area contributed by atoms with E-state index in [1.807, 2.05) is 0 Å². The van der Waals surface area contributed by atoms with Gasteiger partial charge >= 0.3 is 17.9 Å². The molecule has 0 aromatic heterocycles. The SMILES string of the molecule is COC(=O)CC(=O)OC(=O)C(C)=O. The highest BCUT2D eigenvalue weighted by atomic mass is 16.6. The third kappa shape index (κ3) is 4.67. The molecule has 13 heavy (non-hydrogen) atoms. The number of hydrogen-bond donors (Lipinski definition) is 0. The van der Waals surface area contributed by atoms with Crippen molar-refractivity contribution in [2.24, 2.45) is 0 Å². The fraction of sp³-hybridized carbons (Fsp3) is 0.429. The summed E-state index contributed by atoms with van der Waals surface area (Å²) in [6, 6.07) is 0. The zero-order valence-electron chi connectivity index (χ0n) is 7.16. The highest BCUT2D eigenvalue weighted by Gasteiger charge is 2.17. The minimum absolute atomic E-state index is 0.685. The second-order valence-electron chi connectivity index (χ2n) is 2.07. The minimum atomic E-state index is -1.28. The van der Waals surface area contributed by atoms with E-state index in [0.29, 0.717) is 0 Å². The van der Waals surface area contributed by atoms with Crippen molar-refractivity contribution >= 4 is 23.7 Å². The number of methoxy groups -OCH3 is 1. The van der Waals surface area contributed by atoms with Gasteiger partial charge in [0, 0.05) is 6.92 Å². The van der Waals surface area contributed by atoms with Gasteiger partial charge in [0.25, 0.3) is 0 Å². The van der Waals surface area contributed by atoms with Crippen LogP contribution in [-0.2, 0) is 28.7 Å². The van der Waals surface area contributed by atoms with Crippen molar-refractivity contribution in [2.75, 3.05) is 7.11 Å². The van der Waals surface area contributed by atoms with Crippen LogP contribution in [0.1, 0.15) is 13.3 Å². The van der Waals surface area contributed by atoms with Crippen LogP contribution in [0.2, 0.25) is 0 Å². The average molecular weight is 188 g/mol. The molecule has 0 aliphatic carbocycles. The molecule has 0 aromatic carbocycles. The van der Waals surface area contributed by atoms with Crippen LogP contribution >= 0.6 is 0 Å². The molecule has 0 heterocycles. The van der Waals surface area contributed by atoms with E-state index in [1.165, 1.54) is 0 Å². The Morgan fingerprint density at radius 2 is 1.62 bits per heavy atom. The number of rotatable bonds is 3. The lowest BCUT2D eigenvalue weighted by atomic mass is 10.4. The van der Waals surface area contributed by atoms with E-state index >= 15 is 0 Å². The lowest BCUT2D eigenvalue weighted by molar-refractivity contribution is -0.165. The van der Waals surface area contributed by atoms with Crippen LogP contribution in [-0.4, -0.2) is 30.8 Å². The zero-order chi connectivity index (χ0) is 10.4. The Hall–Kier alpha value is -1.72. The van der Waals surface area contributed by atoms with E-state index in [-0.39, 0.29) is 0 Å². The molecule has 6 nitrogen and oxygen atoms in total. The van der Waals surface area contributed by atoms with Gasteiger partial charge in [-0.15, -0.1) is 0 Å². The standard InChI is InChI=1S/C7H8O6/c1-4(8)7(11)13-6(10)3-5(9)12-2/h3H2,1-2H3. The predicted octanol–water partition coefficient (Wildman–Crippen LogP) is -0.792. The highest BCUT2D eigenvalue weighted by molar-refractivity contribution is 6.34. The summed E-state index contributed by atoms with van der Waals surface area (Å²) >= 11 is 0. The molecule has 0 N–H and O–H groups in total. The summed E-state index contributed by atoms with van der Waals surface area (Å²) in [7, 11) is 1.09. The van der Waals surface area contributed by atoms with Crippen molar-refractivity contribution in [3.8, 4) is 0 Å². The minimum Gasteiger partial charge on any atom is -0.469 e. The zero-order valence-corrected chi connectivity index (χ0v) is 7.16. The van der Waals surface area contributed by atoms with Gasteiger partial charge in [-0.25, -0.2) is 4.79 Å². The van der Waals surface area contributed by atoms with Crippen LogP contribution in [0.4, 0.5) is 0 Å². The Morgan fingerprint density at radius 3 is 2.00 bits per heavy atom. The van der Waals surface area contributed by atoms with Gasteiger partial charge in [-0.05, 0) is 0 Å². The molecule has 0 saturated heterocycles. The lowest BCUT2D eigenvalue weighted by Gasteiger charge is -1.98. The summed E-state index contributed by atoms with van der Waals surface area (Å²) in [5.41, 5.74) is 0. The van der Waals surface area contributed by atoms with E-state index in [1.54, 1.807) is 0 Å². The molecular weight excluding hydrogens is 180 g/mol. The van der Waals surface area contributed by atoms with Gasteiger partial charge in [0.15, 0.2) is 0 Å². The molecule has 0 unspecified atom stereocenters. The Balaban J connectivity index is 3.95. The van der Waals surface area contributed by atoms with Gasteiger partial charge in [0.2, 0.25) is 5.78 Å². The molecule has 0 atom stereocenters. The summed E-state index contributed by atoms with van der Waals surface area (Å²) in [5.74, 6) is -4.12. The van der Waals surface area contributed by atoms with Crippen LogP contribution in [0.15, 0.2) is 0 Å². The maximum atomic E-state index is 10.6. The monoisotopic (exact) mass is 188 g/mol. The summed E-state index contributed by atoms with van der Waals surface area (Å²) in [6.45, 7) is 0.952. The van der Waals surface area contributed by atoms with E-state index in [2.05, 4.69) is 9.47 Å². The second-order valence-corrected chi connectivity index (χ2v) is 2.07. The maximum absolute atomic E-state index is 10.6. The molecule has 0 rings (SSSR count). The van der Waals surface area contributed by atoms with Crippen LogP contribution < -0.4 is 0 Å². The lowest BCUT2D eigenvalue weighted by Crippen LogP contribution is -2.21. The van der Waals surface area contributed by atoms with Crippen LogP contribution in [0.25, 0.3) is 0 Å². The smallest absolute Gasteiger partial charge is 0.381 e. The summed E-state index contributed by atoms with van der Waals surface area (Å²) < 4.78 is 8.08. The molecule has 0 fully saturated rings. The van der Waals surface area contributed by atoms with Gasteiger partial charge in [-0.3, -0.25) is 14.4 Å². The van der Waals surface area contributed by atoms with E-state index in [9.17, 15) is 19.2 Å². The first kappa shape index (κ1) is 11.3. The molecule has 0 bridgehead atoms. The first-order valence-corrected chi connectivity index (χ1v) is 3.29. The molecular formula is C7H8O6. The number of carbonyl (C=O) groups excluding carboxylic acids is 4. The highest BCUT2D eigenvalue weighted by Crippen LogP contribution is 1.90. The van der Waals surface area contributed by atoms with Crippen LogP contribution in [0.5, 0.6) is 0 Å². The third-order valence-electron chi connectivity index (χ3n) is 1.01. The molecule has 0 saturated carbocycles. The molecule has 0 aliphatic heterocycles. The maximum Gasteiger partial charge on any atom is 0.381 e. The van der Waals surface area contributed by atoms with Gasteiger partial charge in [0.05, 0.1) is 7.11 Å². The molecule has 6 heteroatoms. The fourth-order valence-electron chi connectivity index (χ4n) is 0.401. The Labute approximate surface area is 73.8 Å². The van der Waals surface area contributed by atoms with Crippen molar-refractivity contribution < 1.29 is 28.7 Å². The van der Waals surface area contributed by atoms with Crippen LogP contribution in [0, 0.1) is 0 Å². The second kappa shape index (κ2) is 5.02. The van der Waals surface area contributed by atoms with E-state index in [0.717, 1.165) is 14.0 Å². The van der Waals surface area contributed by atoms with Gasteiger partial charge < -0.3 is 9.47 Å². The van der Waals surface area contributed by atoms with Crippen LogP contribution in [0.3, 0.4) is 0 Å². The van der Waals surface area contributed by atoms with Crippen molar-refractivity contribution in [1.29, 1.82) is 0 Å². The number of ether oxygens (including phenoxy) is 2. The Morgan fingerprint density at radius 1 is 1.08 bits per heavy atom. The predicted molar refractivity (Wildman–Crippen MR) is 38.4 cm³/mol. The van der Waals surface area contributed by atoms with Crippen molar-refractivity contribution in [1.82, 2.24) is 0 Å². The quantitative estimate of drug-likeness (QED) is 0.327. The van der Waals surface area contributed by atoms with E-state index in [4.69, 9.17) is 0 Å². The normalized spacial score (nSPS) is 8.77. The molecule has 72 valence electrons. The average Bonchev–Trinajstić information content (AvgIpc) is 2.03. The van der Waals surface area contributed by atoms with Gasteiger partial charge in [0.1, 0.15) is 6.42 Å². The fourth-order valence-corrected chi connectivity index (χ4v) is 0.401. The van der Waals surface area contributed by atoms with Gasteiger partial charge in [-0.2, -0.15) is 0 Å². The van der Waals surface area contributed by atoms with E-state index < -0.39 is 30.1 Å². The number of ketones is 1. The third-order valence-corrected chi connectivity index (χ3v) is 1.01. The molecule has 0 amide bonds.